The molecule has 4 rings (SSSR count). The minimum absolute atomic E-state index is 0.0156. The van der Waals surface area contributed by atoms with E-state index < -0.39 is 0 Å². The minimum Gasteiger partial charge on any atom is -0.396 e. The average molecular weight is 304 g/mol. The lowest BCUT2D eigenvalue weighted by molar-refractivity contribution is 0.113. The molecule has 1 aromatic heterocycles. The maximum absolute atomic E-state index is 12.6. The normalized spacial score (nSPS) is 33.6. The number of hydrogen-bond acceptors (Lipinski definition) is 3. The molecule has 2 N–H and O–H groups in total. The fraction of sp³-hybridized carbons (Fsp3) is 0.750. The number of amides is 2. The summed E-state index contributed by atoms with van der Waals surface area (Å²) in [7, 11) is 0. The molecule has 22 heavy (non-hydrogen) atoms. The third-order valence-corrected chi connectivity index (χ3v) is 5.91. The summed E-state index contributed by atoms with van der Waals surface area (Å²) in [5, 5.41) is 17.3. The Morgan fingerprint density at radius 2 is 2.36 bits per heavy atom. The zero-order chi connectivity index (χ0) is 15.2. The van der Waals surface area contributed by atoms with Crippen LogP contribution in [0, 0.1) is 11.3 Å². The van der Waals surface area contributed by atoms with Gasteiger partial charge in [-0.1, -0.05) is 6.42 Å². The van der Waals surface area contributed by atoms with E-state index in [-0.39, 0.29) is 24.1 Å². The quantitative estimate of drug-likeness (QED) is 0.870. The number of nitrogens with one attached hydrogen (secondary N) is 1. The molecule has 1 aliphatic carbocycles. The van der Waals surface area contributed by atoms with E-state index in [1.807, 2.05) is 15.6 Å². The second-order valence-electron chi connectivity index (χ2n) is 7.11. The largest absolute Gasteiger partial charge is 0.396 e. The van der Waals surface area contributed by atoms with Crippen LogP contribution in [0.15, 0.2) is 12.3 Å². The number of rotatable bonds is 2. The maximum Gasteiger partial charge on any atom is 0.317 e. The van der Waals surface area contributed by atoms with E-state index in [1.54, 1.807) is 6.20 Å². The second-order valence-corrected chi connectivity index (χ2v) is 7.11. The summed E-state index contributed by atoms with van der Waals surface area (Å²) in [5.41, 5.74) is 1.07. The molecule has 0 spiro atoms. The molecule has 6 heteroatoms. The number of nitrogens with zero attached hydrogens (tertiary/aromatic N) is 3. The van der Waals surface area contributed by atoms with Crippen molar-refractivity contribution in [3.8, 4) is 0 Å². The van der Waals surface area contributed by atoms with Crippen molar-refractivity contribution in [1.29, 1.82) is 0 Å². The minimum atomic E-state index is -0.0360. The van der Waals surface area contributed by atoms with Crippen LogP contribution in [0.3, 0.4) is 0 Å². The maximum atomic E-state index is 12.6. The number of carbonyl (C=O) groups excluding carboxylic acids is 1. The van der Waals surface area contributed by atoms with E-state index in [4.69, 9.17) is 0 Å². The van der Waals surface area contributed by atoms with Gasteiger partial charge in [0.05, 0.1) is 18.3 Å². The van der Waals surface area contributed by atoms with Crippen molar-refractivity contribution in [1.82, 2.24) is 20.0 Å². The van der Waals surface area contributed by atoms with Gasteiger partial charge in [0.1, 0.15) is 0 Å². The first-order valence-electron chi connectivity index (χ1n) is 8.40. The number of hydrogen-bond donors (Lipinski definition) is 2. The van der Waals surface area contributed by atoms with Gasteiger partial charge in [-0.3, -0.25) is 4.68 Å². The van der Waals surface area contributed by atoms with Crippen LogP contribution in [0.2, 0.25) is 0 Å². The van der Waals surface area contributed by atoms with Crippen LogP contribution in [0.4, 0.5) is 4.79 Å². The average Bonchev–Trinajstić information content (AvgIpc) is 3.20. The van der Waals surface area contributed by atoms with Crippen LogP contribution in [0.25, 0.3) is 0 Å². The molecule has 2 aliphatic heterocycles. The molecule has 2 fully saturated rings. The summed E-state index contributed by atoms with van der Waals surface area (Å²) in [6.07, 6.45) is 7.20. The lowest BCUT2D eigenvalue weighted by atomic mass is 9.82. The van der Waals surface area contributed by atoms with Gasteiger partial charge in [-0.25, -0.2) is 4.79 Å². The fourth-order valence-electron chi connectivity index (χ4n) is 4.63. The highest BCUT2D eigenvalue weighted by molar-refractivity contribution is 5.75. The number of fused-ring (bicyclic) bond motifs is 2. The Kier molecular flexibility index (Phi) is 3.36. The zero-order valence-electron chi connectivity index (χ0n) is 12.9. The first-order chi connectivity index (χ1) is 10.7. The van der Waals surface area contributed by atoms with Crippen LogP contribution in [-0.2, 0) is 6.54 Å². The summed E-state index contributed by atoms with van der Waals surface area (Å²) in [5.74, 6) is 0.472. The Morgan fingerprint density at radius 1 is 1.45 bits per heavy atom. The molecule has 1 aromatic rings. The number of aliphatic hydroxyl groups is 1. The summed E-state index contributed by atoms with van der Waals surface area (Å²) < 4.78 is 1.99. The van der Waals surface area contributed by atoms with Gasteiger partial charge in [0.25, 0.3) is 0 Å². The fourth-order valence-corrected chi connectivity index (χ4v) is 4.63. The first kappa shape index (κ1) is 14.1. The molecule has 0 bridgehead atoms. The van der Waals surface area contributed by atoms with Crippen molar-refractivity contribution < 1.29 is 9.90 Å². The van der Waals surface area contributed by atoms with E-state index >= 15 is 0 Å². The number of aromatic nitrogens is 2. The Hall–Kier alpha value is -1.56. The summed E-state index contributed by atoms with van der Waals surface area (Å²) in [6.45, 7) is 2.64. The second kappa shape index (κ2) is 5.26. The standard InChI is InChI=1S/C16H24N4O2/c21-11-16-6-1-3-12(16)9-19(10-16)15(22)18-13-4-2-8-20-14(13)5-7-17-20/h5,7,12-13,21H,1-4,6,8-11H2,(H,18,22)/t12-,13?,16+/m0/s1. The van der Waals surface area contributed by atoms with Gasteiger partial charge in [0.2, 0.25) is 0 Å². The lowest BCUT2D eigenvalue weighted by Crippen LogP contribution is -2.43. The molecular weight excluding hydrogens is 280 g/mol. The first-order valence-corrected chi connectivity index (χ1v) is 8.40. The molecule has 2 amide bonds. The number of urea groups is 1. The van der Waals surface area contributed by atoms with E-state index in [2.05, 4.69) is 10.4 Å². The molecule has 1 saturated heterocycles. The molecule has 1 unspecified atom stereocenters. The lowest BCUT2D eigenvalue weighted by Gasteiger charge is -2.28. The molecule has 6 nitrogen and oxygen atoms in total. The van der Waals surface area contributed by atoms with Crippen molar-refractivity contribution >= 4 is 6.03 Å². The zero-order valence-corrected chi connectivity index (χ0v) is 12.9. The molecule has 0 aromatic carbocycles. The summed E-state index contributed by atoms with van der Waals surface area (Å²) in [4.78, 5) is 14.6. The molecular formula is C16H24N4O2. The summed E-state index contributed by atoms with van der Waals surface area (Å²) >= 11 is 0. The molecule has 0 radical (unpaired) electrons. The van der Waals surface area contributed by atoms with Gasteiger partial charge in [0, 0.05) is 31.2 Å². The monoisotopic (exact) mass is 304 g/mol. The Morgan fingerprint density at radius 3 is 3.18 bits per heavy atom. The van der Waals surface area contributed by atoms with E-state index in [0.29, 0.717) is 12.5 Å². The molecule has 1 saturated carbocycles. The number of carbonyl (C=O) groups is 1. The van der Waals surface area contributed by atoms with Crippen molar-refractivity contribution in [3.63, 3.8) is 0 Å². The summed E-state index contributed by atoms with van der Waals surface area (Å²) in [6, 6.07) is 2.08. The predicted octanol–water partition coefficient (Wildman–Crippen LogP) is 1.52. The van der Waals surface area contributed by atoms with Gasteiger partial charge in [0.15, 0.2) is 0 Å². The highest BCUT2D eigenvalue weighted by Crippen LogP contribution is 2.48. The van der Waals surface area contributed by atoms with E-state index in [0.717, 1.165) is 44.5 Å². The molecule has 120 valence electrons. The third-order valence-electron chi connectivity index (χ3n) is 5.91. The predicted molar refractivity (Wildman–Crippen MR) is 81.2 cm³/mol. The number of aryl methyl sites for hydroxylation is 1. The van der Waals surface area contributed by atoms with Gasteiger partial charge in [-0.15, -0.1) is 0 Å². The molecule has 3 aliphatic rings. The van der Waals surface area contributed by atoms with Crippen LogP contribution in [0.5, 0.6) is 0 Å². The van der Waals surface area contributed by atoms with Crippen LogP contribution >= 0.6 is 0 Å². The Labute approximate surface area is 130 Å². The van der Waals surface area contributed by atoms with Crippen LogP contribution in [-0.4, -0.2) is 45.5 Å². The van der Waals surface area contributed by atoms with Crippen LogP contribution in [0.1, 0.15) is 43.8 Å². The van der Waals surface area contributed by atoms with Crippen molar-refractivity contribution in [3.05, 3.63) is 18.0 Å². The van der Waals surface area contributed by atoms with Crippen molar-refractivity contribution in [2.45, 2.75) is 44.7 Å². The van der Waals surface area contributed by atoms with E-state index in [9.17, 15) is 9.90 Å². The van der Waals surface area contributed by atoms with Gasteiger partial charge >= 0.3 is 6.03 Å². The molecule has 3 heterocycles. The van der Waals surface area contributed by atoms with Crippen molar-refractivity contribution in [2.75, 3.05) is 19.7 Å². The van der Waals surface area contributed by atoms with E-state index in [1.165, 1.54) is 6.42 Å². The highest BCUT2D eigenvalue weighted by atomic mass is 16.3. The number of aliphatic hydroxyl groups excluding tert-OH is 1. The van der Waals surface area contributed by atoms with Crippen molar-refractivity contribution in [2.24, 2.45) is 11.3 Å². The van der Waals surface area contributed by atoms with Gasteiger partial charge in [-0.05, 0) is 37.7 Å². The number of likely N-dealkylation sites (tertiary alicyclic amines) is 1. The SMILES string of the molecule is O=C(NC1CCCn2nccc21)N1C[C@@H]2CCC[C@]2(CO)C1. The van der Waals surface area contributed by atoms with Crippen LogP contribution < -0.4 is 5.32 Å². The Bertz CT molecular complexity index is 572. The smallest absolute Gasteiger partial charge is 0.317 e. The third kappa shape index (κ3) is 2.12. The highest BCUT2D eigenvalue weighted by Gasteiger charge is 2.50. The van der Waals surface area contributed by atoms with Gasteiger partial charge < -0.3 is 15.3 Å². The topological polar surface area (TPSA) is 70.4 Å². The Balaban J connectivity index is 1.44. The molecule has 3 atom stereocenters. The van der Waals surface area contributed by atoms with Gasteiger partial charge in [-0.2, -0.15) is 5.10 Å².